The van der Waals surface area contributed by atoms with Gasteiger partial charge in [-0.1, -0.05) is 26.7 Å². The molecule has 0 bridgehead atoms. The number of rotatable bonds is 9. The molecule has 0 fully saturated rings. The Morgan fingerprint density at radius 3 is 2.62 bits per heavy atom. The molecule has 0 aliphatic rings. The van der Waals surface area contributed by atoms with Crippen molar-refractivity contribution in [1.82, 2.24) is 5.32 Å². The second-order valence-corrected chi connectivity index (χ2v) is 5.66. The van der Waals surface area contributed by atoms with E-state index in [1.165, 1.54) is 0 Å². The van der Waals surface area contributed by atoms with Crippen molar-refractivity contribution in [2.75, 3.05) is 20.3 Å². The lowest BCUT2D eigenvalue weighted by atomic mass is 10.1. The first-order valence-corrected chi connectivity index (χ1v) is 8.21. The predicted octanol–water partition coefficient (Wildman–Crippen LogP) is 4.17. The first-order valence-electron chi connectivity index (χ1n) is 7.42. The molecule has 0 aliphatic heterocycles. The molecule has 1 N–H and O–H groups in total. The Kier molecular flexibility index (Phi) is 8.20. The number of carbonyl (C=O) groups is 1. The lowest BCUT2D eigenvalue weighted by Crippen LogP contribution is -2.24. The fraction of sp³-hybridized carbons (Fsp3) is 0.562. The number of carbonyl (C=O) groups excluding carboxylic acids is 1. The summed E-state index contributed by atoms with van der Waals surface area (Å²) < 4.78 is 11.7. The Balaban J connectivity index is 2.79. The molecule has 0 saturated carbocycles. The normalized spacial score (nSPS) is 10.3. The summed E-state index contributed by atoms with van der Waals surface area (Å²) in [6.07, 6.45) is 4.17. The largest absolute Gasteiger partial charge is 0.493 e. The standard InChI is InChI=1S/C16H24BrNO3/c1-4-6-7-8-18-16(19)12-10-13(17)15(21-9-5-2)14(11-12)20-3/h10-11H,4-9H2,1-3H3,(H,18,19). The van der Waals surface area contributed by atoms with Crippen LogP contribution in [0.3, 0.4) is 0 Å². The third kappa shape index (κ3) is 5.58. The summed E-state index contributed by atoms with van der Waals surface area (Å²) in [6, 6.07) is 3.48. The Bertz CT molecular complexity index is 463. The van der Waals surface area contributed by atoms with Crippen LogP contribution in [-0.4, -0.2) is 26.2 Å². The molecule has 1 amide bonds. The zero-order valence-corrected chi connectivity index (χ0v) is 14.6. The highest BCUT2D eigenvalue weighted by atomic mass is 79.9. The van der Waals surface area contributed by atoms with Gasteiger partial charge < -0.3 is 14.8 Å². The van der Waals surface area contributed by atoms with Gasteiger partial charge in [-0.15, -0.1) is 0 Å². The maximum atomic E-state index is 12.1. The number of benzene rings is 1. The van der Waals surface area contributed by atoms with Gasteiger partial charge in [-0.05, 0) is 40.9 Å². The van der Waals surface area contributed by atoms with E-state index in [4.69, 9.17) is 9.47 Å². The molecule has 0 aromatic heterocycles. The van der Waals surface area contributed by atoms with Gasteiger partial charge in [0.1, 0.15) is 0 Å². The van der Waals surface area contributed by atoms with Crippen LogP contribution in [0.4, 0.5) is 0 Å². The summed E-state index contributed by atoms with van der Waals surface area (Å²) in [5.41, 5.74) is 0.569. The Morgan fingerprint density at radius 1 is 1.24 bits per heavy atom. The van der Waals surface area contributed by atoms with E-state index in [1.807, 2.05) is 6.92 Å². The fourth-order valence-corrected chi connectivity index (χ4v) is 2.43. The average molecular weight is 358 g/mol. The number of methoxy groups -OCH3 is 1. The van der Waals surface area contributed by atoms with Crippen LogP contribution in [0.1, 0.15) is 49.9 Å². The Morgan fingerprint density at radius 2 is 2.00 bits per heavy atom. The molecule has 5 heteroatoms. The molecule has 21 heavy (non-hydrogen) atoms. The van der Waals surface area contributed by atoms with Gasteiger partial charge in [0, 0.05) is 12.1 Å². The van der Waals surface area contributed by atoms with E-state index in [0.717, 1.165) is 30.2 Å². The quantitative estimate of drug-likeness (QED) is 0.674. The molecule has 0 unspecified atom stereocenters. The molecule has 1 aromatic carbocycles. The first-order chi connectivity index (χ1) is 10.1. The Labute approximate surface area is 135 Å². The molecule has 0 aliphatic carbocycles. The second kappa shape index (κ2) is 9.66. The molecule has 1 rings (SSSR count). The molecular formula is C16H24BrNO3. The number of ether oxygens (including phenoxy) is 2. The van der Waals surface area contributed by atoms with Crippen LogP contribution in [0.2, 0.25) is 0 Å². The molecule has 0 spiro atoms. The first kappa shape index (κ1) is 17.8. The van der Waals surface area contributed by atoms with E-state index < -0.39 is 0 Å². The molecule has 0 saturated heterocycles. The van der Waals surface area contributed by atoms with Crippen molar-refractivity contribution >= 4 is 21.8 Å². The lowest BCUT2D eigenvalue weighted by molar-refractivity contribution is 0.0952. The van der Waals surface area contributed by atoms with Crippen molar-refractivity contribution in [3.8, 4) is 11.5 Å². The highest BCUT2D eigenvalue weighted by Gasteiger charge is 2.15. The van der Waals surface area contributed by atoms with E-state index in [0.29, 0.717) is 30.2 Å². The van der Waals surface area contributed by atoms with Crippen molar-refractivity contribution < 1.29 is 14.3 Å². The van der Waals surface area contributed by atoms with Crippen molar-refractivity contribution in [3.63, 3.8) is 0 Å². The maximum absolute atomic E-state index is 12.1. The lowest BCUT2D eigenvalue weighted by Gasteiger charge is -2.14. The highest BCUT2D eigenvalue weighted by Crippen LogP contribution is 2.36. The van der Waals surface area contributed by atoms with Crippen LogP contribution in [-0.2, 0) is 0 Å². The van der Waals surface area contributed by atoms with E-state index >= 15 is 0 Å². The smallest absolute Gasteiger partial charge is 0.251 e. The van der Waals surface area contributed by atoms with Crippen LogP contribution in [0, 0.1) is 0 Å². The van der Waals surface area contributed by atoms with Gasteiger partial charge in [-0.2, -0.15) is 0 Å². The summed E-state index contributed by atoms with van der Waals surface area (Å²) in [4.78, 5) is 12.1. The van der Waals surface area contributed by atoms with E-state index in [9.17, 15) is 4.79 Å². The van der Waals surface area contributed by atoms with Crippen LogP contribution in [0.5, 0.6) is 11.5 Å². The highest BCUT2D eigenvalue weighted by molar-refractivity contribution is 9.10. The van der Waals surface area contributed by atoms with Crippen LogP contribution in [0.15, 0.2) is 16.6 Å². The zero-order chi connectivity index (χ0) is 15.7. The minimum atomic E-state index is -0.0906. The number of nitrogens with one attached hydrogen (secondary N) is 1. The van der Waals surface area contributed by atoms with Crippen LogP contribution >= 0.6 is 15.9 Å². The van der Waals surface area contributed by atoms with Gasteiger partial charge in [-0.25, -0.2) is 0 Å². The van der Waals surface area contributed by atoms with Gasteiger partial charge in [0.05, 0.1) is 18.2 Å². The number of hydrogen-bond donors (Lipinski definition) is 1. The third-order valence-corrected chi connectivity index (χ3v) is 3.60. The van der Waals surface area contributed by atoms with Crippen LogP contribution < -0.4 is 14.8 Å². The van der Waals surface area contributed by atoms with Gasteiger partial charge in [0.2, 0.25) is 0 Å². The summed E-state index contributed by atoms with van der Waals surface area (Å²) in [6.45, 7) is 5.48. The summed E-state index contributed by atoms with van der Waals surface area (Å²) >= 11 is 3.45. The number of hydrogen-bond acceptors (Lipinski definition) is 3. The molecule has 1 aromatic rings. The number of amides is 1. The SMILES string of the molecule is CCCCCNC(=O)c1cc(Br)c(OCCC)c(OC)c1. The van der Waals surface area contributed by atoms with Crippen molar-refractivity contribution in [1.29, 1.82) is 0 Å². The van der Waals surface area contributed by atoms with E-state index in [2.05, 4.69) is 28.2 Å². The van der Waals surface area contributed by atoms with Gasteiger partial charge >= 0.3 is 0 Å². The molecular weight excluding hydrogens is 334 g/mol. The van der Waals surface area contributed by atoms with Gasteiger partial charge in [-0.3, -0.25) is 4.79 Å². The summed E-state index contributed by atoms with van der Waals surface area (Å²) in [5, 5.41) is 2.92. The van der Waals surface area contributed by atoms with Gasteiger partial charge in [0.25, 0.3) is 5.91 Å². The molecule has 0 atom stereocenters. The summed E-state index contributed by atoms with van der Waals surface area (Å²) in [7, 11) is 1.57. The second-order valence-electron chi connectivity index (χ2n) is 4.80. The topological polar surface area (TPSA) is 47.6 Å². The molecule has 0 heterocycles. The minimum Gasteiger partial charge on any atom is -0.493 e. The third-order valence-electron chi connectivity index (χ3n) is 3.01. The number of halogens is 1. The fourth-order valence-electron chi connectivity index (χ4n) is 1.87. The average Bonchev–Trinajstić information content (AvgIpc) is 2.49. The Hall–Kier alpha value is -1.23. The van der Waals surface area contributed by atoms with Crippen molar-refractivity contribution in [2.45, 2.75) is 39.5 Å². The molecule has 118 valence electrons. The van der Waals surface area contributed by atoms with Crippen molar-refractivity contribution in [2.24, 2.45) is 0 Å². The van der Waals surface area contributed by atoms with Crippen LogP contribution in [0.25, 0.3) is 0 Å². The zero-order valence-electron chi connectivity index (χ0n) is 13.0. The monoisotopic (exact) mass is 357 g/mol. The minimum absolute atomic E-state index is 0.0906. The van der Waals surface area contributed by atoms with Gasteiger partial charge in [0.15, 0.2) is 11.5 Å². The summed E-state index contributed by atoms with van der Waals surface area (Å²) in [5.74, 6) is 1.12. The van der Waals surface area contributed by atoms with E-state index in [-0.39, 0.29) is 5.91 Å². The maximum Gasteiger partial charge on any atom is 0.251 e. The number of unbranched alkanes of at least 4 members (excludes halogenated alkanes) is 2. The predicted molar refractivity (Wildman–Crippen MR) is 88.3 cm³/mol. The van der Waals surface area contributed by atoms with Crippen molar-refractivity contribution in [3.05, 3.63) is 22.2 Å². The molecule has 4 nitrogen and oxygen atoms in total. The molecule has 0 radical (unpaired) electrons. The van der Waals surface area contributed by atoms with E-state index in [1.54, 1.807) is 19.2 Å².